The minimum atomic E-state index is 1.28. The maximum absolute atomic E-state index is 2.38. The highest BCUT2D eigenvalue weighted by Gasteiger charge is 2.17. The fourth-order valence-corrected chi connectivity index (χ4v) is 6.26. The quantitative estimate of drug-likeness (QED) is 0.305. The summed E-state index contributed by atoms with van der Waals surface area (Å²) in [6.45, 7) is 4.39. The Hall–Kier alpha value is -2.23. The minimum absolute atomic E-state index is 1.28. The van der Waals surface area contributed by atoms with Crippen LogP contribution in [-0.4, -0.2) is 0 Å². The molecule has 0 aliphatic rings. The first kappa shape index (κ1) is 15.1. The van der Waals surface area contributed by atoms with E-state index in [2.05, 4.69) is 80.2 Å². The maximum Gasteiger partial charge on any atom is 0.212 e. The van der Waals surface area contributed by atoms with Crippen molar-refractivity contribution >= 4 is 52.2 Å². The largest absolute Gasteiger partial charge is 0.212 e. The van der Waals surface area contributed by atoms with Crippen molar-refractivity contribution in [1.29, 1.82) is 0 Å². The number of benzene rings is 2. The van der Waals surface area contributed by atoms with Gasteiger partial charge in [0.15, 0.2) is 6.20 Å². The fraction of sp³-hybridized carbons (Fsp3) is 0.136. The van der Waals surface area contributed by atoms with E-state index in [1.165, 1.54) is 52.0 Å². The zero-order valence-electron chi connectivity index (χ0n) is 14.5. The van der Waals surface area contributed by atoms with Gasteiger partial charge in [0, 0.05) is 37.7 Å². The molecule has 3 heterocycles. The molecule has 0 fully saturated rings. The summed E-state index contributed by atoms with van der Waals surface area (Å²) in [5.41, 5.74) is 5.24. The Morgan fingerprint density at radius 3 is 2.52 bits per heavy atom. The van der Waals surface area contributed by atoms with Crippen LogP contribution in [0.3, 0.4) is 0 Å². The van der Waals surface area contributed by atoms with Gasteiger partial charge in [0.05, 0.1) is 9.58 Å². The molecule has 3 aromatic heterocycles. The van der Waals surface area contributed by atoms with Gasteiger partial charge in [-0.1, -0.05) is 18.2 Å². The number of pyridine rings is 1. The van der Waals surface area contributed by atoms with Crippen molar-refractivity contribution in [1.82, 2.24) is 0 Å². The van der Waals surface area contributed by atoms with Crippen molar-refractivity contribution < 1.29 is 4.57 Å². The molecule has 5 aromatic rings. The van der Waals surface area contributed by atoms with E-state index in [9.17, 15) is 0 Å². The number of aromatic nitrogens is 1. The third-order valence-corrected chi connectivity index (χ3v) is 7.36. The van der Waals surface area contributed by atoms with E-state index in [0.717, 1.165) is 0 Å². The molecule has 0 amide bonds. The standard InChI is InChI=1S/C22H18NS2/c1-13-8-9-23(3)18(10-13)16-12-20-17(11-14(16)2)21-15-6-4-5-7-19(15)24-22(21)25-20/h4-12H,1-3H3/q+1. The zero-order chi connectivity index (χ0) is 17.1. The number of aryl methyl sites for hydroxylation is 3. The van der Waals surface area contributed by atoms with Gasteiger partial charge in [0.25, 0.3) is 0 Å². The first-order valence-corrected chi connectivity index (χ1v) is 10.1. The Bertz CT molecular complexity index is 1270. The summed E-state index contributed by atoms with van der Waals surface area (Å²) < 4.78 is 6.42. The van der Waals surface area contributed by atoms with Crippen molar-refractivity contribution in [3.05, 3.63) is 65.9 Å². The molecule has 0 unspecified atom stereocenters. The number of thiophene rings is 2. The summed E-state index contributed by atoms with van der Waals surface area (Å²) >= 11 is 3.84. The lowest BCUT2D eigenvalue weighted by molar-refractivity contribution is -0.660. The lowest BCUT2D eigenvalue weighted by Crippen LogP contribution is -2.30. The lowest BCUT2D eigenvalue weighted by atomic mass is 10.0. The van der Waals surface area contributed by atoms with E-state index in [1.54, 1.807) is 0 Å². The number of hydrogen-bond acceptors (Lipinski definition) is 2. The van der Waals surface area contributed by atoms with Gasteiger partial charge in [0.1, 0.15) is 7.05 Å². The van der Waals surface area contributed by atoms with Gasteiger partial charge < -0.3 is 0 Å². The average Bonchev–Trinajstić information content (AvgIpc) is 3.12. The molecule has 25 heavy (non-hydrogen) atoms. The summed E-state index contributed by atoms with van der Waals surface area (Å²) in [5, 5.41) is 4.22. The summed E-state index contributed by atoms with van der Waals surface area (Å²) in [4.78, 5) is 0. The number of nitrogens with zero attached hydrogens (tertiary/aromatic N) is 1. The minimum Gasteiger partial charge on any atom is -0.201 e. The van der Waals surface area contributed by atoms with Crippen LogP contribution in [0.25, 0.3) is 40.8 Å². The van der Waals surface area contributed by atoms with Crippen LogP contribution in [0.15, 0.2) is 54.7 Å². The van der Waals surface area contributed by atoms with Crippen molar-refractivity contribution in [2.45, 2.75) is 13.8 Å². The normalized spacial score (nSPS) is 11.8. The van der Waals surface area contributed by atoms with Gasteiger partial charge >= 0.3 is 0 Å². The van der Waals surface area contributed by atoms with Gasteiger partial charge in [-0.15, -0.1) is 22.7 Å². The Kier molecular flexibility index (Phi) is 3.24. The van der Waals surface area contributed by atoms with E-state index in [4.69, 9.17) is 0 Å². The molecule has 2 aromatic carbocycles. The Labute approximate surface area is 154 Å². The highest BCUT2D eigenvalue weighted by atomic mass is 32.2. The first-order chi connectivity index (χ1) is 12.1. The molecule has 0 spiro atoms. The van der Waals surface area contributed by atoms with Crippen molar-refractivity contribution in [2.75, 3.05) is 0 Å². The van der Waals surface area contributed by atoms with Gasteiger partial charge in [-0.3, -0.25) is 0 Å². The zero-order valence-corrected chi connectivity index (χ0v) is 16.1. The highest BCUT2D eigenvalue weighted by molar-refractivity contribution is 7.44. The molecule has 5 rings (SSSR count). The maximum atomic E-state index is 2.38. The van der Waals surface area contributed by atoms with E-state index in [0.29, 0.717) is 0 Å². The SMILES string of the molecule is Cc1cc[n+](C)c(-c2cc3sc4sc5ccccc5c4c3cc2C)c1. The van der Waals surface area contributed by atoms with Gasteiger partial charge in [-0.25, -0.2) is 4.57 Å². The molecule has 0 atom stereocenters. The monoisotopic (exact) mass is 360 g/mol. The first-order valence-electron chi connectivity index (χ1n) is 8.43. The molecule has 0 bridgehead atoms. The third-order valence-electron chi connectivity index (χ3n) is 4.94. The van der Waals surface area contributed by atoms with Crippen molar-refractivity contribution in [2.24, 2.45) is 7.05 Å². The van der Waals surface area contributed by atoms with Crippen LogP contribution in [0.4, 0.5) is 0 Å². The Morgan fingerprint density at radius 2 is 1.64 bits per heavy atom. The number of hydrogen-bond donors (Lipinski definition) is 0. The predicted molar refractivity (Wildman–Crippen MR) is 111 cm³/mol. The molecule has 0 N–H and O–H groups in total. The second-order valence-electron chi connectivity index (χ2n) is 6.73. The molecule has 0 radical (unpaired) electrons. The number of rotatable bonds is 1. The highest BCUT2D eigenvalue weighted by Crippen LogP contribution is 2.45. The lowest BCUT2D eigenvalue weighted by Gasteiger charge is -2.06. The summed E-state index contributed by atoms with van der Waals surface area (Å²) in [6, 6.07) is 18.0. The van der Waals surface area contributed by atoms with Gasteiger partial charge in [-0.05, 0) is 43.2 Å². The molecule has 0 aliphatic carbocycles. The topological polar surface area (TPSA) is 3.88 Å². The summed E-state index contributed by atoms with van der Waals surface area (Å²) in [5.74, 6) is 0. The Morgan fingerprint density at radius 1 is 0.840 bits per heavy atom. The van der Waals surface area contributed by atoms with Crippen LogP contribution in [0, 0.1) is 13.8 Å². The second-order valence-corrected chi connectivity index (χ2v) is 9.09. The van der Waals surface area contributed by atoms with Crippen LogP contribution in [0.1, 0.15) is 11.1 Å². The summed E-state index contributed by atoms with van der Waals surface area (Å²) in [6.07, 6.45) is 2.15. The van der Waals surface area contributed by atoms with E-state index in [-0.39, 0.29) is 0 Å². The van der Waals surface area contributed by atoms with Crippen LogP contribution < -0.4 is 4.57 Å². The Balaban J connectivity index is 1.85. The smallest absolute Gasteiger partial charge is 0.201 e. The van der Waals surface area contributed by atoms with Crippen LogP contribution in [0.2, 0.25) is 0 Å². The van der Waals surface area contributed by atoms with Crippen molar-refractivity contribution in [3.63, 3.8) is 0 Å². The number of fused-ring (bicyclic) bond motifs is 5. The van der Waals surface area contributed by atoms with Crippen LogP contribution in [0.5, 0.6) is 0 Å². The second kappa shape index (κ2) is 5.38. The molecule has 0 saturated carbocycles. The fourth-order valence-electron chi connectivity index (χ4n) is 3.64. The molecular formula is C22H18NS2+. The van der Waals surface area contributed by atoms with E-state index >= 15 is 0 Å². The summed E-state index contributed by atoms with van der Waals surface area (Å²) in [7, 11) is 2.12. The predicted octanol–water partition coefficient (Wildman–Crippen LogP) is 6.38. The van der Waals surface area contributed by atoms with Gasteiger partial charge in [0.2, 0.25) is 5.69 Å². The molecule has 122 valence electrons. The van der Waals surface area contributed by atoms with E-state index in [1.807, 2.05) is 22.7 Å². The molecule has 3 heteroatoms. The van der Waals surface area contributed by atoms with Gasteiger partial charge in [-0.2, -0.15) is 0 Å². The van der Waals surface area contributed by atoms with Crippen molar-refractivity contribution in [3.8, 4) is 11.3 Å². The third kappa shape index (κ3) is 2.23. The van der Waals surface area contributed by atoms with Crippen LogP contribution in [-0.2, 0) is 7.05 Å². The van der Waals surface area contributed by atoms with Crippen LogP contribution >= 0.6 is 22.7 Å². The van der Waals surface area contributed by atoms with E-state index < -0.39 is 0 Å². The molecule has 0 saturated heterocycles. The molecule has 0 aliphatic heterocycles. The molecule has 1 nitrogen and oxygen atoms in total. The molecular weight excluding hydrogens is 342 g/mol. The average molecular weight is 361 g/mol.